The van der Waals surface area contributed by atoms with Crippen LogP contribution in [0.3, 0.4) is 0 Å². The Balaban J connectivity index is 4.19. The first kappa shape index (κ1) is 18.0. The molecule has 1 heteroatoms. The van der Waals surface area contributed by atoms with Crippen molar-refractivity contribution in [2.75, 3.05) is 6.54 Å². The smallest absolute Gasteiger partial charge is 0.00671 e. The van der Waals surface area contributed by atoms with Crippen molar-refractivity contribution in [2.45, 2.75) is 92.5 Å². The van der Waals surface area contributed by atoms with Crippen molar-refractivity contribution in [3.05, 3.63) is 0 Å². The van der Waals surface area contributed by atoms with E-state index < -0.39 is 0 Å². The van der Waals surface area contributed by atoms with E-state index >= 15 is 0 Å². The van der Waals surface area contributed by atoms with E-state index in [0.29, 0.717) is 5.41 Å². The summed E-state index contributed by atoms with van der Waals surface area (Å²) in [4.78, 5) is 0. The van der Waals surface area contributed by atoms with Crippen molar-refractivity contribution in [2.24, 2.45) is 11.3 Å². The molecule has 0 saturated carbocycles. The van der Waals surface area contributed by atoms with Crippen LogP contribution in [0.25, 0.3) is 0 Å². The third-order valence-corrected chi connectivity index (χ3v) is 4.12. The molecule has 110 valence electrons. The molecule has 0 aromatic heterocycles. The summed E-state index contributed by atoms with van der Waals surface area (Å²) in [5, 5.41) is 3.85. The highest BCUT2D eigenvalue weighted by Crippen LogP contribution is 2.29. The van der Waals surface area contributed by atoms with Crippen LogP contribution in [-0.2, 0) is 0 Å². The van der Waals surface area contributed by atoms with Crippen LogP contribution in [0.5, 0.6) is 0 Å². The molecule has 0 heterocycles. The van der Waals surface area contributed by atoms with Crippen LogP contribution >= 0.6 is 0 Å². The zero-order valence-electron chi connectivity index (χ0n) is 13.8. The van der Waals surface area contributed by atoms with Gasteiger partial charge in [0.1, 0.15) is 0 Å². The minimum atomic E-state index is 0.479. The van der Waals surface area contributed by atoms with E-state index in [9.17, 15) is 0 Å². The van der Waals surface area contributed by atoms with E-state index in [1.807, 2.05) is 0 Å². The Kier molecular flexibility index (Phi) is 9.81. The maximum Gasteiger partial charge on any atom is 0.00671 e. The minimum absolute atomic E-state index is 0.479. The second-order valence-corrected chi connectivity index (χ2v) is 6.77. The standard InChI is InChI=1S/C17H37N/c1-7-10-12-16(11-8-2)18-14-17(6,9-3)13-15(4)5/h15-16,18H,7-14H2,1-6H3. The van der Waals surface area contributed by atoms with Crippen LogP contribution in [0.2, 0.25) is 0 Å². The lowest BCUT2D eigenvalue weighted by Crippen LogP contribution is -2.38. The molecule has 0 aromatic carbocycles. The topological polar surface area (TPSA) is 12.0 Å². The molecule has 0 saturated heterocycles. The molecular weight excluding hydrogens is 218 g/mol. The summed E-state index contributed by atoms with van der Waals surface area (Å²) in [6.45, 7) is 15.2. The molecule has 0 amide bonds. The van der Waals surface area contributed by atoms with Gasteiger partial charge < -0.3 is 5.32 Å². The maximum absolute atomic E-state index is 3.85. The van der Waals surface area contributed by atoms with E-state index in [1.165, 1.54) is 51.5 Å². The Labute approximate surface area is 116 Å². The predicted octanol–water partition coefficient (Wildman–Crippen LogP) is 5.40. The fraction of sp³-hybridized carbons (Fsp3) is 1.00. The maximum atomic E-state index is 3.85. The highest BCUT2D eigenvalue weighted by molar-refractivity contribution is 4.79. The van der Waals surface area contributed by atoms with Crippen molar-refractivity contribution in [1.82, 2.24) is 5.32 Å². The third-order valence-electron chi connectivity index (χ3n) is 4.12. The van der Waals surface area contributed by atoms with Gasteiger partial charge in [0.15, 0.2) is 0 Å². The first-order valence-corrected chi connectivity index (χ1v) is 8.20. The Hall–Kier alpha value is -0.0400. The fourth-order valence-corrected chi connectivity index (χ4v) is 2.87. The lowest BCUT2D eigenvalue weighted by Gasteiger charge is -2.33. The average molecular weight is 255 g/mol. The van der Waals surface area contributed by atoms with Gasteiger partial charge in [-0.2, -0.15) is 0 Å². The Morgan fingerprint density at radius 2 is 1.67 bits per heavy atom. The van der Waals surface area contributed by atoms with Crippen LogP contribution in [-0.4, -0.2) is 12.6 Å². The van der Waals surface area contributed by atoms with E-state index in [2.05, 4.69) is 46.9 Å². The Morgan fingerprint density at radius 3 is 2.11 bits per heavy atom. The summed E-state index contributed by atoms with van der Waals surface area (Å²) in [6.07, 6.45) is 9.29. The molecule has 0 aliphatic carbocycles. The van der Waals surface area contributed by atoms with Crippen LogP contribution in [0.15, 0.2) is 0 Å². The van der Waals surface area contributed by atoms with Gasteiger partial charge in [-0.15, -0.1) is 0 Å². The second-order valence-electron chi connectivity index (χ2n) is 6.77. The molecule has 1 N–H and O–H groups in total. The molecule has 18 heavy (non-hydrogen) atoms. The molecule has 0 aliphatic rings. The molecule has 2 unspecified atom stereocenters. The molecule has 0 spiro atoms. The summed E-state index contributed by atoms with van der Waals surface area (Å²) < 4.78 is 0. The summed E-state index contributed by atoms with van der Waals surface area (Å²) in [5.74, 6) is 0.803. The van der Waals surface area contributed by atoms with E-state index in [0.717, 1.165) is 12.0 Å². The van der Waals surface area contributed by atoms with Gasteiger partial charge in [-0.3, -0.25) is 0 Å². The highest BCUT2D eigenvalue weighted by Gasteiger charge is 2.24. The highest BCUT2D eigenvalue weighted by atomic mass is 14.9. The van der Waals surface area contributed by atoms with Gasteiger partial charge in [0, 0.05) is 12.6 Å². The van der Waals surface area contributed by atoms with Crippen molar-refractivity contribution >= 4 is 0 Å². The van der Waals surface area contributed by atoms with Crippen molar-refractivity contribution in [3.63, 3.8) is 0 Å². The molecule has 0 rings (SSSR count). The van der Waals surface area contributed by atoms with Gasteiger partial charge in [-0.05, 0) is 37.0 Å². The molecule has 1 nitrogen and oxygen atoms in total. The van der Waals surface area contributed by atoms with Crippen molar-refractivity contribution in [3.8, 4) is 0 Å². The molecule has 0 fully saturated rings. The number of hydrogen-bond acceptors (Lipinski definition) is 1. The summed E-state index contributed by atoms with van der Waals surface area (Å²) in [5.41, 5.74) is 0.479. The van der Waals surface area contributed by atoms with Crippen molar-refractivity contribution < 1.29 is 0 Å². The Bertz CT molecular complexity index is 188. The van der Waals surface area contributed by atoms with E-state index in [1.54, 1.807) is 0 Å². The number of rotatable bonds is 11. The lowest BCUT2D eigenvalue weighted by molar-refractivity contribution is 0.220. The third kappa shape index (κ3) is 8.13. The van der Waals surface area contributed by atoms with Gasteiger partial charge in [0.25, 0.3) is 0 Å². The zero-order chi connectivity index (χ0) is 14.0. The minimum Gasteiger partial charge on any atom is -0.313 e. The van der Waals surface area contributed by atoms with Crippen LogP contribution in [0, 0.1) is 11.3 Å². The second kappa shape index (κ2) is 9.83. The normalized spacial score (nSPS) is 16.8. The molecular formula is C17H37N. The van der Waals surface area contributed by atoms with Crippen LogP contribution in [0.4, 0.5) is 0 Å². The average Bonchev–Trinajstić information content (AvgIpc) is 2.32. The quantitative estimate of drug-likeness (QED) is 0.521. The number of unbranched alkanes of at least 4 members (excludes halogenated alkanes) is 1. The molecule has 0 aliphatic heterocycles. The zero-order valence-corrected chi connectivity index (χ0v) is 13.8. The number of hydrogen-bond donors (Lipinski definition) is 1. The van der Waals surface area contributed by atoms with E-state index in [-0.39, 0.29) is 0 Å². The molecule has 0 aromatic rings. The molecule has 2 atom stereocenters. The van der Waals surface area contributed by atoms with Gasteiger partial charge >= 0.3 is 0 Å². The Morgan fingerprint density at radius 1 is 1.00 bits per heavy atom. The van der Waals surface area contributed by atoms with Gasteiger partial charge in [0.05, 0.1) is 0 Å². The van der Waals surface area contributed by atoms with Gasteiger partial charge in [-0.1, -0.05) is 60.8 Å². The summed E-state index contributed by atoms with van der Waals surface area (Å²) in [7, 11) is 0. The van der Waals surface area contributed by atoms with E-state index in [4.69, 9.17) is 0 Å². The lowest BCUT2D eigenvalue weighted by atomic mass is 9.79. The van der Waals surface area contributed by atoms with Crippen LogP contribution in [0.1, 0.15) is 86.5 Å². The van der Waals surface area contributed by atoms with Crippen molar-refractivity contribution in [1.29, 1.82) is 0 Å². The van der Waals surface area contributed by atoms with Gasteiger partial charge in [-0.25, -0.2) is 0 Å². The molecule has 0 bridgehead atoms. The van der Waals surface area contributed by atoms with Crippen LogP contribution < -0.4 is 5.32 Å². The largest absolute Gasteiger partial charge is 0.313 e. The summed E-state index contributed by atoms with van der Waals surface area (Å²) >= 11 is 0. The first-order chi connectivity index (χ1) is 8.47. The monoisotopic (exact) mass is 255 g/mol. The predicted molar refractivity (Wildman–Crippen MR) is 84.1 cm³/mol. The molecule has 0 radical (unpaired) electrons. The van der Waals surface area contributed by atoms with Gasteiger partial charge in [0.2, 0.25) is 0 Å². The SMILES string of the molecule is CCCCC(CCC)NCC(C)(CC)CC(C)C. The first-order valence-electron chi connectivity index (χ1n) is 8.20. The summed E-state index contributed by atoms with van der Waals surface area (Å²) in [6, 6.07) is 0.744. The fourth-order valence-electron chi connectivity index (χ4n) is 2.87. The number of nitrogens with one attached hydrogen (secondary N) is 1.